The number of fused-ring (bicyclic) bond motifs is 1. The maximum Gasteiger partial charge on any atom is 0.223 e. The fourth-order valence-corrected chi connectivity index (χ4v) is 4.78. The van der Waals surface area contributed by atoms with Gasteiger partial charge in [-0.3, -0.25) is 4.79 Å². The number of nitrogens with one attached hydrogen (secondary N) is 1. The van der Waals surface area contributed by atoms with E-state index >= 15 is 0 Å². The molecule has 33 heavy (non-hydrogen) atoms. The number of methoxy groups -OCH3 is 1. The number of ether oxygens (including phenoxy) is 1. The zero-order valence-electron chi connectivity index (χ0n) is 20.6. The Labute approximate surface area is 197 Å². The number of benzene rings is 2. The molecule has 1 aromatic heterocycles. The molecule has 0 radical (unpaired) electrons. The molecule has 1 aliphatic heterocycles. The van der Waals surface area contributed by atoms with Crippen LogP contribution < -0.4 is 4.74 Å². The van der Waals surface area contributed by atoms with E-state index in [0.717, 1.165) is 54.9 Å². The number of aromatic nitrogens is 1. The monoisotopic (exact) mass is 447 g/mol. The Morgan fingerprint density at radius 1 is 1.06 bits per heavy atom. The van der Waals surface area contributed by atoms with Crippen LogP contribution in [0.4, 0.5) is 0 Å². The molecule has 0 unspecified atom stereocenters. The number of nitrogens with zero attached hydrogens (tertiary/aromatic N) is 2. The second-order valence-electron chi connectivity index (χ2n) is 10.1. The summed E-state index contributed by atoms with van der Waals surface area (Å²) in [5, 5.41) is 1.11. The average Bonchev–Trinajstić information content (AvgIpc) is 3.25. The number of carbonyl (C=O) groups excluding carboxylic acids is 1. The van der Waals surface area contributed by atoms with E-state index < -0.39 is 0 Å². The third-order valence-electron chi connectivity index (χ3n) is 7.03. The number of hydrogen-bond acceptors (Lipinski definition) is 3. The first-order valence-corrected chi connectivity index (χ1v) is 12.1. The fraction of sp³-hybridized carbons (Fsp3) is 0.464. The van der Waals surface area contributed by atoms with E-state index in [-0.39, 0.29) is 17.2 Å². The third kappa shape index (κ3) is 5.09. The van der Waals surface area contributed by atoms with Gasteiger partial charge in [0.1, 0.15) is 5.75 Å². The third-order valence-corrected chi connectivity index (χ3v) is 7.03. The average molecular weight is 448 g/mol. The smallest absolute Gasteiger partial charge is 0.223 e. The SMILES string of the molecule is CCN1CCN(C(=O)C[C@H](c2ccc(C(C)(C)C)cc2)c2c[nH]c3ccc(OC)cc23)CC1. The van der Waals surface area contributed by atoms with Crippen molar-refractivity contribution in [2.75, 3.05) is 39.8 Å². The molecule has 1 atom stereocenters. The Hall–Kier alpha value is -2.79. The van der Waals surface area contributed by atoms with Gasteiger partial charge in [0.25, 0.3) is 0 Å². The van der Waals surface area contributed by atoms with E-state index in [1.807, 2.05) is 17.0 Å². The van der Waals surface area contributed by atoms with Crippen molar-refractivity contribution in [3.05, 3.63) is 65.4 Å². The summed E-state index contributed by atoms with van der Waals surface area (Å²) in [6, 6.07) is 14.9. The number of piperazine rings is 1. The van der Waals surface area contributed by atoms with Gasteiger partial charge < -0.3 is 19.5 Å². The first kappa shape index (κ1) is 23.4. The molecule has 0 spiro atoms. The lowest BCUT2D eigenvalue weighted by atomic mass is 9.83. The van der Waals surface area contributed by atoms with Gasteiger partial charge in [0.15, 0.2) is 0 Å². The predicted octanol–water partition coefficient (Wildman–Crippen LogP) is 5.16. The van der Waals surface area contributed by atoms with E-state index in [0.29, 0.717) is 6.42 Å². The van der Waals surface area contributed by atoms with Crippen LogP contribution in [0.5, 0.6) is 5.75 Å². The number of aromatic amines is 1. The van der Waals surface area contributed by atoms with Crippen molar-refractivity contribution >= 4 is 16.8 Å². The van der Waals surface area contributed by atoms with Crippen molar-refractivity contribution in [2.45, 2.75) is 45.4 Å². The van der Waals surface area contributed by atoms with Gasteiger partial charge in [0, 0.05) is 55.6 Å². The van der Waals surface area contributed by atoms with Crippen LogP contribution in [0.15, 0.2) is 48.7 Å². The first-order chi connectivity index (χ1) is 15.8. The molecule has 2 aromatic carbocycles. The second kappa shape index (κ2) is 9.60. The minimum absolute atomic E-state index is 0.0171. The molecular formula is C28H37N3O2. The Morgan fingerprint density at radius 3 is 2.36 bits per heavy atom. The van der Waals surface area contributed by atoms with Crippen LogP contribution in [0.2, 0.25) is 0 Å². The Kier molecular flexibility index (Phi) is 6.80. The number of H-pyrrole nitrogens is 1. The van der Waals surface area contributed by atoms with E-state index in [4.69, 9.17) is 4.74 Å². The standard InChI is InChI=1S/C28H37N3O2/c1-6-30-13-15-31(16-14-30)27(32)18-23(20-7-9-21(10-8-20)28(2,3)4)25-19-29-26-12-11-22(33-5)17-24(25)26/h7-12,17,19,23,29H,6,13-16,18H2,1-5H3/t23-/m1/s1. The van der Waals surface area contributed by atoms with Gasteiger partial charge >= 0.3 is 0 Å². The zero-order valence-corrected chi connectivity index (χ0v) is 20.6. The molecule has 0 bridgehead atoms. The number of hydrogen-bond donors (Lipinski definition) is 1. The highest BCUT2D eigenvalue weighted by atomic mass is 16.5. The van der Waals surface area contributed by atoms with Gasteiger partial charge in [-0.15, -0.1) is 0 Å². The van der Waals surface area contributed by atoms with Gasteiger partial charge in [0.05, 0.1) is 7.11 Å². The molecule has 3 aromatic rings. The highest BCUT2D eigenvalue weighted by Crippen LogP contribution is 2.36. The normalized spacial score (nSPS) is 16.2. The molecule has 2 heterocycles. The molecule has 0 aliphatic carbocycles. The summed E-state index contributed by atoms with van der Waals surface area (Å²) in [5.41, 5.74) is 4.77. The van der Waals surface area contributed by atoms with Crippen LogP contribution in [0.25, 0.3) is 10.9 Å². The molecule has 1 amide bonds. The van der Waals surface area contributed by atoms with Gasteiger partial charge in [-0.1, -0.05) is 52.0 Å². The highest BCUT2D eigenvalue weighted by Gasteiger charge is 2.27. The van der Waals surface area contributed by atoms with Gasteiger partial charge in [-0.25, -0.2) is 0 Å². The van der Waals surface area contributed by atoms with E-state index in [1.54, 1.807) is 7.11 Å². The van der Waals surface area contributed by atoms with Crippen molar-refractivity contribution < 1.29 is 9.53 Å². The summed E-state index contributed by atoms with van der Waals surface area (Å²) in [7, 11) is 1.69. The largest absolute Gasteiger partial charge is 0.497 e. The number of likely N-dealkylation sites (N-methyl/N-ethyl adjacent to an activating group) is 1. The number of rotatable bonds is 6. The van der Waals surface area contributed by atoms with Crippen molar-refractivity contribution in [2.24, 2.45) is 0 Å². The van der Waals surface area contributed by atoms with Gasteiger partial charge in [-0.05, 0) is 46.8 Å². The van der Waals surface area contributed by atoms with E-state index in [1.165, 1.54) is 11.1 Å². The molecule has 5 nitrogen and oxygen atoms in total. The first-order valence-electron chi connectivity index (χ1n) is 12.1. The van der Waals surface area contributed by atoms with Crippen LogP contribution in [0, 0.1) is 0 Å². The summed E-state index contributed by atoms with van der Waals surface area (Å²) in [6.45, 7) is 13.4. The summed E-state index contributed by atoms with van der Waals surface area (Å²) in [4.78, 5) is 21.3. The van der Waals surface area contributed by atoms with Crippen LogP contribution >= 0.6 is 0 Å². The lowest BCUT2D eigenvalue weighted by Crippen LogP contribution is -2.48. The zero-order chi connectivity index (χ0) is 23.6. The summed E-state index contributed by atoms with van der Waals surface area (Å²) in [5.74, 6) is 1.04. The van der Waals surface area contributed by atoms with E-state index in [9.17, 15) is 4.79 Å². The minimum atomic E-state index is -0.0171. The summed E-state index contributed by atoms with van der Waals surface area (Å²) in [6.07, 6.45) is 2.53. The number of carbonyl (C=O) groups is 1. The lowest BCUT2D eigenvalue weighted by Gasteiger charge is -2.35. The predicted molar refractivity (Wildman–Crippen MR) is 135 cm³/mol. The molecule has 4 rings (SSSR count). The second-order valence-corrected chi connectivity index (χ2v) is 10.1. The van der Waals surface area contributed by atoms with Gasteiger partial charge in [0.2, 0.25) is 5.91 Å². The molecule has 5 heteroatoms. The molecule has 0 saturated carbocycles. The van der Waals surface area contributed by atoms with Crippen LogP contribution in [-0.2, 0) is 10.2 Å². The molecule has 1 aliphatic rings. The fourth-order valence-electron chi connectivity index (χ4n) is 4.78. The highest BCUT2D eigenvalue weighted by molar-refractivity contribution is 5.87. The molecular weight excluding hydrogens is 410 g/mol. The number of amides is 1. The summed E-state index contributed by atoms with van der Waals surface area (Å²) >= 11 is 0. The minimum Gasteiger partial charge on any atom is -0.497 e. The molecule has 1 saturated heterocycles. The van der Waals surface area contributed by atoms with Crippen molar-refractivity contribution in [1.82, 2.24) is 14.8 Å². The van der Waals surface area contributed by atoms with Crippen molar-refractivity contribution in [3.8, 4) is 5.75 Å². The van der Waals surface area contributed by atoms with E-state index in [2.05, 4.69) is 74.1 Å². The van der Waals surface area contributed by atoms with Crippen molar-refractivity contribution in [3.63, 3.8) is 0 Å². The maximum absolute atomic E-state index is 13.4. The topological polar surface area (TPSA) is 48.6 Å². The van der Waals surface area contributed by atoms with Crippen LogP contribution in [0.3, 0.4) is 0 Å². The Morgan fingerprint density at radius 2 is 1.76 bits per heavy atom. The molecule has 176 valence electrons. The Balaban J connectivity index is 1.68. The lowest BCUT2D eigenvalue weighted by molar-refractivity contribution is -0.133. The molecule has 1 N–H and O–H groups in total. The van der Waals surface area contributed by atoms with Crippen LogP contribution in [-0.4, -0.2) is 60.5 Å². The van der Waals surface area contributed by atoms with Crippen LogP contribution in [0.1, 0.15) is 56.7 Å². The summed E-state index contributed by atoms with van der Waals surface area (Å²) < 4.78 is 5.49. The maximum atomic E-state index is 13.4. The molecule has 1 fully saturated rings. The van der Waals surface area contributed by atoms with Gasteiger partial charge in [-0.2, -0.15) is 0 Å². The van der Waals surface area contributed by atoms with Crippen molar-refractivity contribution in [1.29, 1.82) is 0 Å². The Bertz CT molecular complexity index is 1090. The quantitative estimate of drug-likeness (QED) is 0.568.